The standard InChI is InChI=1S/C16H17N3O2/c1-2-21-15-8-4-3-7-13(15)18-16(20)19-10-12-6-5-9-17-14(12)11-19/h3-9H,2,10-11H2,1H3,(H,18,20). The summed E-state index contributed by atoms with van der Waals surface area (Å²) in [5, 5.41) is 2.91. The van der Waals surface area contributed by atoms with Crippen LogP contribution >= 0.6 is 0 Å². The van der Waals surface area contributed by atoms with Gasteiger partial charge in [0, 0.05) is 12.7 Å². The normalized spacial score (nSPS) is 12.9. The maximum Gasteiger partial charge on any atom is 0.322 e. The lowest BCUT2D eigenvalue weighted by Crippen LogP contribution is -2.30. The number of nitrogens with zero attached hydrogens (tertiary/aromatic N) is 2. The van der Waals surface area contributed by atoms with E-state index >= 15 is 0 Å². The smallest absolute Gasteiger partial charge is 0.322 e. The molecule has 1 aliphatic heterocycles. The Bertz CT molecular complexity index is 632. The monoisotopic (exact) mass is 283 g/mol. The highest BCUT2D eigenvalue weighted by Gasteiger charge is 2.24. The number of ether oxygens (including phenoxy) is 1. The summed E-state index contributed by atoms with van der Waals surface area (Å²) in [5.41, 5.74) is 2.75. The second-order valence-corrected chi connectivity index (χ2v) is 4.82. The van der Waals surface area contributed by atoms with Crippen molar-refractivity contribution in [2.45, 2.75) is 20.0 Å². The maximum atomic E-state index is 12.4. The van der Waals surface area contributed by atoms with Crippen molar-refractivity contribution in [3.63, 3.8) is 0 Å². The van der Waals surface area contributed by atoms with Crippen LogP contribution in [0.25, 0.3) is 0 Å². The van der Waals surface area contributed by atoms with Gasteiger partial charge in [-0.05, 0) is 30.7 Å². The molecular weight excluding hydrogens is 266 g/mol. The van der Waals surface area contributed by atoms with Crippen molar-refractivity contribution in [3.8, 4) is 5.75 Å². The molecule has 21 heavy (non-hydrogen) atoms. The van der Waals surface area contributed by atoms with Crippen LogP contribution in [-0.4, -0.2) is 22.5 Å². The van der Waals surface area contributed by atoms with Crippen LogP contribution < -0.4 is 10.1 Å². The van der Waals surface area contributed by atoms with Gasteiger partial charge < -0.3 is 15.0 Å². The summed E-state index contributed by atoms with van der Waals surface area (Å²) in [6, 6.07) is 11.2. The topological polar surface area (TPSA) is 54.5 Å². The van der Waals surface area contributed by atoms with Crippen LogP contribution in [-0.2, 0) is 13.1 Å². The molecule has 2 heterocycles. The average molecular weight is 283 g/mol. The third-order valence-corrected chi connectivity index (χ3v) is 3.40. The molecule has 5 heteroatoms. The number of nitrogens with one attached hydrogen (secondary N) is 1. The van der Waals surface area contributed by atoms with Crippen LogP contribution in [0, 0.1) is 0 Å². The first-order valence-electron chi connectivity index (χ1n) is 6.98. The van der Waals surface area contributed by atoms with Gasteiger partial charge in [0.2, 0.25) is 0 Å². The van der Waals surface area contributed by atoms with Crippen LogP contribution in [0.5, 0.6) is 5.75 Å². The highest BCUT2D eigenvalue weighted by Crippen LogP contribution is 2.26. The van der Waals surface area contributed by atoms with Gasteiger partial charge in [-0.1, -0.05) is 18.2 Å². The van der Waals surface area contributed by atoms with Gasteiger partial charge in [-0.25, -0.2) is 4.79 Å². The summed E-state index contributed by atoms with van der Waals surface area (Å²) < 4.78 is 5.52. The van der Waals surface area contributed by atoms with E-state index in [0.717, 1.165) is 11.3 Å². The molecule has 0 bridgehead atoms. The van der Waals surface area contributed by atoms with Gasteiger partial charge >= 0.3 is 6.03 Å². The van der Waals surface area contributed by atoms with E-state index < -0.39 is 0 Å². The molecule has 0 saturated carbocycles. The Hall–Kier alpha value is -2.56. The highest BCUT2D eigenvalue weighted by molar-refractivity contribution is 5.91. The number of pyridine rings is 1. The zero-order valence-corrected chi connectivity index (χ0v) is 11.9. The molecule has 5 nitrogen and oxygen atoms in total. The lowest BCUT2D eigenvalue weighted by molar-refractivity contribution is 0.212. The Balaban J connectivity index is 1.71. The van der Waals surface area contributed by atoms with E-state index in [4.69, 9.17) is 4.74 Å². The molecule has 2 amide bonds. The van der Waals surface area contributed by atoms with Crippen LogP contribution in [0.15, 0.2) is 42.6 Å². The number of fused-ring (bicyclic) bond motifs is 1. The number of carbonyl (C=O) groups excluding carboxylic acids is 1. The van der Waals surface area contributed by atoms with E-state index in [-0.39, 0.29) is 6.03 Å². The number of benzene rings is 1. The van der Waals surface area contributed by atoms with E-state index in [0.29, 0.717) is 31.1 Å². The van der Waals surface area contributed by atoms with Gasteiger partial charge in [0.15, 0.2) is 0 Å². The molecule has 0 aliphatic carbocycles. The molecule has 0 atom stereocenters. The number of urea groups is 1. The number of amides is 2. The Labute approximate surface area is 123 Å². The van der Waals surface area contributed by atoms with Crippen LogP contribution in [0.3, 0.4) is 0 Å². The molecule has 0 saturated heterocycles. The Morgan fingerprint density at radius 3 is 2.95 bits per heavy atom. The van der Waals surface area contributed by atoms with Gasteiger partial charge in [0.05, 0.1) is 24.5 Å². The van der Waals surface area contributed by atoms with Gasteiger partial charge in [0.1, 0.15) is 5.75 Å². The minimum Gasteiger partial charge on any atom is -0.492 e. The molecule has 1 aliphatic rings. The first-order valence-corrected chi connectivity index (χ1v) is 6.98. The number of aromatic nitrogens is 1. The largest absolute Gasteiger partial charge is 0.492 e. The van der Waals surface area contributed by atoms with Gasteiger partial charge in [-0.3, -0.25) is 4.98 Å². The molecule has 0 fully saturated rings. The third kappa shape index (κ3) is 2.81. The van der Waals surface area contributed by atoms with Crippen molar-refractivity contribution in [2.24, 2.45) is 0 Å². The average Bonchev–Trinajstić information content (AvgIpc) is 2.93. The molecule has 0 spiro atoms. The number of anilines is 1. The van der Waals surface area contributed by atoms with Crippen molar-refractivity contribution in [3.05, 3.63) is 53.9 Å². The fourth-order valence-corrected chi connectivity index (χ4v) is 2.39. The first kappa shape index (κ1) is 13.4. The lowest BCUT2D eigenvalue weighted by atomic mass is 10.2. The molecule has 2 aromatic rings. The third-order valence-electron chi connectivity index (χ3n) is 3.40. The Morgan fingerprint density at radius 1 is 1.29 bits per heavy atom. The lowest BCUT2D eigenvalue weighted by Gasteiger charge is -2.17. The number of rotatable bonds is 3. The second kappa shape index (κ2) is 5.83. The van der Waals surface area contributed by atoms with Gasteiger partial charge in [0.25, 0.3) is 0 Å². The van der Waals surface area contributed by atoms with Crippen molar-refractivity contribution in [1.82, 2.24) is 9.88 Å². The molecule has 1 aromatic carbocycles. The van der Waals surface area contributed by atoms with E-state index in [1.807, 2.05) is 43.3 Å². The Kier molecular flexibility index (Phi) is 3.73. The van der Waals surface area contributed by atoms with E-state index in [1.165, 1.54) is 0 Å². The number of hydrogen-bond donors (Lipinski definition) is 1. The maximum absolute atomic E-state index is 12.4. The number of para-hydroxylation sites is 2. The van der Waals surface area contributed by atoms with Gasteiger partial charge in [-0.2, -0.15) is 0 Å². The SMILES string of the molecule is CCOc1ccccc1NC(=O)N1Cc2cccnc2C1. The molecular formula is C16H17N3O2. The zero-order valence-electron chi connectivity index (χ0n) is 11.9. The summed E-state index contributed by atoms with van der Waals surface area (Å²) in [5.74, 6) is 0.684. The van der Waals surface area contributed by atoms with Crippen LogP contribution in [0.1, 0.15) is 18.2 Å². The minimum absolute atomic E-state index is 0.139. The first-order chi connectivity index (χ1) is 10.3. The van der Waals surface area contributed by atoms with E-state index in [1.54, 1.807) is 11.1 Å². The molecule has 3 rings (SSSR count). The summed E-state index contributed by atoms with van der Waals surface area (Å²) in [4.78, 5) is 18.4. The zero-order chi connectivity index (χ0) is 14.7. The van der Waals surface area contributed by atoms with Gasteiger partial charge in [-0.15, -0.1) is 0 Å². The molecule has 0 unspecified atom stereocenters. The van der Waals surface area contributed by atoms with E-state index in [9.17, 15) is 4.79 Å². The summed E-state index contributed by atoms with van der Waals surface area (Å²) >= 11 is 0. The van der Waals surface area contributed by atoms with Crippen molar-refractivity contribution >= 4 is 11.7 Å². The van der Waals surface area contributed by atoms with Crippen molar-refractivity contribution in [2.75, 3.05) is 11.9 Å². The Morgan fingerprint density at radius 2 is 2.14 bits per heavy atom. The fourth-order valence-electron chi connectivity index (χ4n) is 2.39. The summed E-state index contributed by atoms with van der Waals surface area (Å²) in [6.07, 6.45) is 1.75. The van der Waals surface area contributed by atoms with Crippen molar-refractivity contribution in [1.29, 1.82) is 0 Å². The highest BCUT2D eigenvalue weighted by atomic mass is 16.5. The number of hydrogen-bond acceptors (Lipinski definition) is 3. The fraction of sp³-hybridized carbons (Fsp3) is 0.250. The molecule has 0 radical (unpaired) electrons. The number of carbonyl (C=O) groups is 1. The second-order valence-electron chi connectivity index (χ2n) is 4.82. The molecule has 1 N–H and O–H groups in total. The summed E-state index contributed by atoms with van der Waals surface area (Å²) in [7, 11) is 0. The van der Waals surface area contributed by atoms with Crippen LogP contribution in [0.2, 0.25) is 0 Å². The molecule has 108 valence electrons. The minimum atomic E-state index is -0.139. The quantitative estimate of drug-likeness (QED) is 0.942. The molecule has 1 aromatic heterocycles. The predicted molar refractivity (Wildman–Crippen MR) is 80.1 cm³/mol. The van der Waals surface area contributed by atoms with Crippen LogP contribution in [0.4, 0.5) is 10.5 Å². The van der Waals surface area contributed by atoms with Crippen molar-refractivity contribution < 1.29 is 9.53 Å². The predicted octanol–water partition coefficient (Wildman–Crippen LogP) is 3.03. The summed E-state index contributed by atoms with van der Waals surface area (Å²) in [6.45, 7) is 3.61. The van der Waals surface area contributed by atoms with E-state index in [2.05, 4.69) is 10.3 Å².